The van der Waals surface area contributed by atoms with Crippen molar-refractivity contribution in [2.45, 2.75) is 18.3 Å². The van der Waals surface area contributed by atoms with Crippen LogP contribution in [0.5, 0.6) is 0 Å². The van der Waals surface area contributed by atoms with Gasteiger partial charge in [-0.05, 0) is 0 Å². The van der Waals surface area contributed by atoms with Crippen molar-refractivity contribution in [1.82, 2.24) is 14.9 Å². The van der Waals surface area contributed by atoms with Crippen molar-refractivity contribution in [3.63, 3.8) is 0 Å². The van der Waals surface area contributed by atoms with E-state index in [0.717, 1.165) is 4.90 Å². The normalized spacial score (nSPS) is 21.2. The van der Waals surface area contributed by atoms with E-state index in [1.807, 2.05) is 0 Å². The van der Waals surface area contributed by atoms with Gasteiger partial charge in [0.05, 0.1) is 6.33 Å². The van der Waals surface area contributed by atoms with E-state index < -0.39 is 17.8 Å². The Hall–Kier alpha value is -2.68. The van der Waals surface area contributed by atoms with Crippen LogP contribution in [-0.4, -0.2) is 50.2 Å². The van der Waals surface area contributed by atoms with Crippen molar-refractivity contribution in [2.24, 2.45) is 4.99 Å². The molecule has 1 unspecified atom stereocenters. The van der Waals surface area contributed by atoms with E-state index in [4.69, 9.17) is 0 Å². The Labute approximate surface area is 134 Å². The van der Waals surface area contributed by atoms with E-state index in [1.54, 1.807) is 18.2 Å². The molecule has 24 heavy (non-hydrogen) atoms. The van der Waals surface area contributed by atoms with Crippen LogP contribution in [0.2, 0.25) is 0 Å². The molecule has 0 bridgehead atoms. The molecule has 0 saturated carbocycles. The maximum Gasteiger partial charge on any atom is 0.448 e. The molecule has 2 N–H and O–H groups in total. The van der Waals surface area contributed by atoms with Crippen LogP contribution in [0, 0.1) is 0 Å². The van der Waals surface area contributed by atoms with Crippen molar-refractivity contribution < 1.29 is 23.1 Å². The number of amides is 1. The molecule has 0 spiro atoms. The van der Waals surface area contributed by atoms with Gasteiger partial charge in [0.1, 0.15) is 5.84 Å². The third kappa shape index (κ3) is 2.67. The molecule has 0 radical (unpaired) electrons. The fraction of sp³-hybridized carbons (Fsp3) is 0.267. The van der Waals surface area contributed by atoms with E-state index in [0.29, 0.717) is 11.3 Å². The van der Waals surface area contributed by atoms with Gasteiger partial charge in [-0.15, -0.1) is 0 Å². The topological polar surface area (TPSA) is 81.6 Å². The summed E-state index contributed by atoms with van der Waals surface area (Å²) in [6.07, 6.45) is -2.02. The third-order valence-electron chi connectivity index (χ3n) is 3.65. The number of H-pyrrole nitrogens is 1. The Balaban J connectivity index is 1.96. The number of aromatic nitrogens is 2. The first-order valence-corrected chi connectivity index (χ1v) is 7.06. The van der Waals surface area contributed by atoms with Crippen LogP contribution in [-0.2, 0) is 11.2 Å². The minimum absolute atomic E-state index is 0.0762. The zero-order valence-corrected chi connectivity index (χ0v) is 12.3. The van der Waals surface area contributed by atoms with E-state index in [1.165, 1.54) is 24.7 Å². The first-order chi connectivity index (χ1) is 11.3. The molecule has 1 atom stereocenters. The number of alkyl halides is 3. The van der Waals surface area contributed by atoms with E-state index >= 15 is 0 Å². The van der Waals surface area contributed by atoms with Gasteiger partial charge in [0.2, 0.25) is 0 Å². The number of halogens is 3. The SMILES string of the molecule is O=C1N(CCc2cnc[nH]2)C(c2ccccc2)=NC1(O)C(F)(F)F. The second-order valence-corrected chi connectivity index (χ2v) is 5.26. The zero-order chi connectivity index (χ0) is 17.4. The average Bonchev–Trinajstić information content (AvgIpc) is 3.14. The molecule has 1 aliphatic rings. The second kappa shape index (κ2) is 5.75. The highest BCUT2D eigenvalue weighted by atomic mass is 19.4. The highest BCUT2D eigenvalue weighted by Gasteiger charge is 2.65. The van der Waals surface area contributed by atoms with Gasteiger partial charge in [-0.3, -0.25) is 9.69 Å². The number of rotatable bonds is 4. The van der Waals surface area contributed by atoms with Gasteiger partial charge in [0.15, 0.2) is 0 Å². The summed E-state index contributed by atoms with van der Waals surface area (Å²) in [6.45, 7) is -0.0762. The number of nitrogens with zero attached hydrogens (tertiary/aromatic N) is 3. The standard InChI is InChI=1S/C15H13F3N4O2/c16-15(17,18)14(24)13(23)22(7-6-11-8-19-9-20-11)12(21-14)10-4-2-1-3-5-10/h1-5,8-9,24H,6-7H2,(H,19,20). The van der Waals surface area contributed by atoms with Gasteiger partial charge in [0, 0.05) is 30.4 Å². The number of carbonyl (C=O) groups is 1. The van der Waals surface area contributed by atoms with Gasteiger partial charge in [-0.25, -0.2) is 9.98 Å². The predicted molar refractivity (Wildman–Crippen MR) is 78.0 cm³/mol. The van der Waals surface area contributed by atoms with Crippen molar-refractivity contribution >= 4 is 11.7 Å². The first-order valence-electron chi connectivity index (χ1n) is 7.06. The van der Waals surface area contributed by atoms with E-state index in [9.17, 15) is 23.1 Å². The number of benzene rings is 1. The highest BCUT2D eigenvalue weighted by Crippen LogP contribution is 2.38. The molecule has 0 fully saturated rings. The van der Waals surface area contributed by atoms with Gasteiger partial charge >= 0.3 is 11.9 Å². The van der Waals surface area contributed by atoms with Crippen molar-refractivity contribution in [1.29, 1.82) is 0 Å². The summed E-state index contributed by atoms with van der Waals surface area (Å²) < 4.78 is 39.5. The minimum Gasteiger partial charge on any atom is -0.355 e. The number of carbonyl (C=O) groups excluding carboxylic acids is 1. The van der Waals surface area contributed by atoms with Crippen LogP contribution in [0.25, 0.3) is 0 Å². The Morgan fingerprint density at radius 3 is 2.54 bits per heavy atom. The summed E-state index contributed by atoms with van der Waals surface area (Å²) in [5.74, 6) is -1.71. The van der Waals surface area contributed by atoms with Crippen LogP contribution in [0.1, 0.15) is 11.3 Å². The third-order valence-corrected chi connectivity index (χ3v) is 3.65. The first kappa shape index (κ1) is 16.2. The molecule has 126 valence electrons. The molecule has 0 saturated heterocycles. The maximum atomic E-state index is 13.2. The highest BCUT2D eigenvalue weighted by molar-refractivity contribution is 6.14. The molecule has 0 aliphatic carbocycles. The lowest BCUT2D eigenvalue weighted by atomic mass is 10.2. The molecular weight excluding hydrogens is 325 g/mol. The summed E-state index contributed by atoms with van der Waals surface area (Å²) in [6, 6.07) is 7.96. The second-order valence-electron chi connectivity index (χ2n) is 5.26. The van der Waals surface area contributed by atoms with Crippen LogP contribution in [0.4, 0.5) is 13.2 Å². The number of aromatic amines is 1. The number of amidine groups is 1. The van der Waals surface area contributed by atoms with Gasteiger partial charge in [0.25, 0.3) is 5.91 Å². The molecule has 3 rings (SSSR count). The van der Waals surface area contributed by atoms with Gasteiger partial charge in [-0.1, -0.05) is 30.3 Å². The fourth-order valence-corrected chi connectivity index (χ4v) is 2.40. The summed E-state index contributed by atoms with van der Waals surface area (Å²) in [5.41, 5.74) is -2.79. The molecule has 1 aromatic heterocycles. The number of aliphatic imine (C=N–C) groups is 1. The lowest BCUT2D eigenvalue weighted by molar-refractivity contribution is -0.248. The fourth-order valence-electron chi connectivity index (χ4n) is 2.40. The lowest BCUT2D eigenvalue weighted by Crippen LogP contribution is -2.52. The molecule has 1 aromatic carbocycles. The van der Waals surface area contributed by atoms with E-state index in [-0.39, 0.29) is 18.8 Å². The monoisotopic (exact) mass is 338 g/mol. The molecule has 9 heteroatoms. The summed E-state index contributed by atoms with van der Waals surface area (Å²) >= 11 is 0. The molecule has 1 amide bonds. The van der Waals surface area contributed by atoms with Crippen molar-refractivity contribution in [3.05, 3.63) is 54.1 Å². The number of hydrogen-bond donors (Lipinski definition) is 2. The van der Waals surface area contributed by atoms with Crippen LogP contribution in [0.3, 0.4) is 0 Å². The number of nitrogens with one attached hydrogen (secondary N) is 1. The Morgan fingerprint density at radius 1 is 1.25 bits per heavy atom. The summed E-state index contributed by atoms with van der Waals surface area (Å²) in [7, 11) is 0. The molecule has 6 nitrogen and oxygen atoms in total. The Morgan fingerprint density at radius 2 is 1.96 bits per heavy atom. The van der Waals surface area contributed by atoms with Crippen molar-refractivity contribution in [2.75, 3.05) is 6.54 Å². The average molecular weight is 338 g/mol. The maximum absolute atomic E-state index is 13.2. The molecule has 1 aliphatic heterocycles. The number of imidazole rings is 1. The largest absolute Gasteiger partial charge is 0.448 e. The number of aliphatic hydroxyl groups is 1. The summed E-state index contributed by atoms with van der Waals surface area (Å²) in [5, 5.41) is 9.83. The quantitative estimate of drug-likeness (QED) is 0.886. The minimum atomic E-state index is -5.20. The molecule has 2 heterocycles. The summed E-state index contributed by atoms with van der Waals surface area (Å²) in [4.78, 5) is 23.0. The van der Waals surface area contributed by atoms with Crippen LogP contribution in [0.15, 0.2) is 47.8 Å². The van der Waals surface area contributed by atoms with Gasteiger partial charge < -0.3 is 10.1 Å². The molecule has 2 aromatic rings. The zero-order valence-electron chi connectivity index (χ0n) is 12.3. The van der Waals surface area contributed by atoms with Crippen LogP contribution >= 0.6 is 0 Å². The van der Waals surface area contributed by atoms with Crippen molar-refractivity contribution in [3.8, 4) is 0 Å². The lowest BCUT2D eigenvalue weighted by Gasteiger charge is -2.23. The smallest absolute Gasteiger partial charge is 0.355 e. The molecular formula is C15H13F3N4O2. The predicted octanol–water partition coefficient (Wildman–Crippen LogP) is 1.49. The Kier molecular flexibility index (Phi) is 3.88. The number of hydrogen-bond acceptors (Lipinski definition) is 4. The Bertz CT molecular complexity index is 759. The van der Waals surface area contributed by atoms with Gasteiger partial charge in [-0.2, -0.15) is 13.2 Å². The van der Waals surface area contributed by atoms with E-state index in [2.05, 4.69) is 15.0 Å². The van der Waals surface area contributed by atoms with Crippen LogP contribution < -0.4 is 0 Å².